The van der Waals surface area contributed by atoms with Crippen LogP contribution >= 0.6 is 11.6 Å². The van der Waals surface area contributed by atoms with E-state index in [0.29, 0.717) is 26.2 Å². The standard InChI is InChI=1S/C26H27ClN6O4S/c1-18-16-28-19(2)24(29-18)30-12-14-31(15-13-30)25(34)23-17-32(38(36,37)20-8-4-3-5-9-20)26(35)33(23)22-11-7-6-10-21(22)27/h3-11,16,23H,12-15,17H2,1-2H3. The summed E-state index contributed by atoms with van der Waals surface area (Å²) in [7, 11) is -4.19. The Labute approximate surface area is 226 Å². The molecule has 198 valence electrons. The van der Waals surface area contributed by atoms with Crippen molar-refractivity contribution < 1.29 is 18.0 Å². The van der Waals surface area contributed by atoms with E-state index in [4.69, 9.17) is 11.6 Å². The third-order valence-electron chi connectivity index (χ3n) is 6.74. The topological polar surface area (TPSA) is 107 Å². The van der Waals surface area contributed by atoms with Gasteiger partial charge >= 0.3 is 6.03 Å². The van der Waals surface area contributed by atoms with Crippen molar-refractivity contribution in [3.63, 3.8) is 0 Å². The van der Waals surface area contributed by atoms with Gasteiger partial charge in [-0.2, -0.15) is 0 Å². The predicted octanol–water partition coefficient (Wildman–Crippen LogP) is 3.10. The smallest absolute Gasteiger partial charge is 0.339 e. The van der Waals surface area contributed by atoms with Gasteiger partial charge in [0.2, 0.25) is 5.91 Å². The summed E-state index contributed by atoms with van der Waals surface area (Å²) >= 11 is 6.41. The van der Waals surface area contributed by atoms with Crippen LogP contribution in [0, 0.1) is 13.8 Å². The molecule has 0 saturated carbocycles. The Morgan fingerprint density at radius 3 is 2.32 bits per heavy atom. The van der Waals surface area contributed by atoms with Gasteiger partial charge in [-0.15, -0.1) is 0 Å². The first-order valence-corrected chi connectivity index (χ1v) is 14.0. The van der Waals surface area contributed by atoms with Gasteiger partial charge in [-0.05, 0) is 38.1 Å². The molecule has 2 fully saturated rings. The molecule has 1 atom stereocenters. The highest BCUT2D eigenvalue weighted by atomic mass is 35.5. The van der Waals surface area contributed by atoms with Crippen molar-refractivity contribution in [1.29, 1.82) is 0 Å². The molecule has 0 N–H and O–H groups in total. The minimum absolute atomic E-state index is 0.0243. The highest BCUT2D eigenvalue weighted by molar-refractivity contribution is 7.89. The summed E-state index contributed by atoms with van der Waals surface area (Å²) in [4.78, 5) is 41.3. The summed E-state index contributed by atoms with van der Waals surface area (Å²) in [6, 6.07) is 12.4. The highest BCUT2D eigenvalue weighted by Crippen LogP contribution is 2.34. The molecule has 1 aromatic heterocycles. The lowest BCUT2D eigenvalue weighted by molar-refractivity contribution is -0.132. The second-order valence-electron chi connectivity index (χ2n) is 9.20. The summed E-state index contributed by atoms with van der Waals surface area (Å²) in [6.07, 6.45) is 1.72. The molecule has 5 rings (SSSR count). The lowest BCUT2D eigenvalue weighted by Crippen LogP contribution is -2.55. The van der Waals surface area contributed by atoms with Crippen LogP contribution in [0.4, 0.5) is 16.3 Å². The van der Waals surface area contributed by atoms with Crippen molar-refractivity contribution in [3.8, 4) is 0 Å². The van der Waals surface area contributed by atoms with E-state index in [9.17, 15) is 18.0 Å². The minimum atomic E-state index is -4.19. The molecule has 2 aromatic carbocycles. The molecule has 3 amide bonds. The molecule has 0 aliphatic carbocycles. The first kappa shape index (κ1) is 25.9. The van der Waals surface area contributed by atoms with E-state index in [1.54, 1.807) is 53.6 Å². The van der Waals surface area contributed by atoms with Gasteiger partial charge in [-0.1, -0.05) is 41.9 Å². The summed E-state index contributed by atoms with van der Waals surface area (Å²) < 4.78 is 27.6. The van der Waals surface area contributed by atoms with Gasteiger partial charge in [-0.25, -0.2) is 22.5 Å². The van der Waals surface area contributed by atoms with E-state index in [-0.39, 0.29) is 28.1 Å². The number of nitrogens with zero attached hydrogens (tertiary/aromatic N) is 6. The molecule has 12 heteroatoms. The maximum Gasteiger partial charge on any atom is 0.339 e. The molecular weight excluding hydrogens is 528 g/mol. The fourth-order valence-electron chi connectivity index (χ4n) is 4.77. The largest absolute Gasteiger partial charge is 0.352 e. The van der Waals surface area contributed by atoms with E-state index < -0.39 is 22.1 Å². The van der Waals surface area contributed by atoms with Crippen LogP contribution in [0.3, 0.4) is 0 Å². The van der Waals surface area contributed by atoms with E-state index in [1.165, 1.54) is 17.0 Å². The van der Waals surface area contributed by atoms with Crippen molar-refractivity contribution in [3.05, 3.63) is 77.2 Å². The van der Waals surface area contributed by atoms with Gasteiger partial charge in [0.1, 0.15) is 11.9 Å². The number of halogens is 1. The normalized spacial score (nSPS) is 18.3. The van der Waals surface area contributed by atoms with E-state index in [0.717, 1.165) is 21.5 Å². The van der Waals surface area contributed by atoms with Crippen molar-refractivity contribution in [2.45, 2.75) is 24.8 Å². The van der Waals surface area contributed by atoms with E-state index >= 15 is 0 Å². The average Bonchev–Trinajstić information content (AvgIpc) is 3.28. The molecular formula is C26H27ClN6O4S. The van der Waals surface area contributed by atoms with Crippen LogP contribution in [-0.4, -0.2) is 78.3 Å². The first-order valence-electron chi connectivity index (χ1n) is 12.2. The van der Waals surface area contributed by atoms with E-state index in [2.05, 4.69) is 14.9 Å². The number of para-hydroxylation sites is 1. The lowest BCUT2D eigenvalue weighted by atomic mass is 10.2. The number of rotatable bonds is 5. The Morgan fingerprint density at radius 1 is 0.974 bits per heavy atom. The number of carbonyl (C=O) groups excluding carboxylic acids is 2. The molecule has 2 aliphatic rings. The number of aromatic nitrogens is 2. The maximum atomic E-state index is 13.8. The summed E-state index contributed by atoms with van der Waals surface area (Å²) in [6.45, 7) is 5.30. The van der Waals surface area contributed by atoms with Crippen LogP contribution in [-0.2, 0) is 14.8 Å². The molecule has 1 unspecified atom stereocenters. The van der Waals surface area contributed by atoms with Crippen LogP contribution in [0.1, 0.15) is 11.4 Å². The van der Waals surface area contributed by atoms with Crippen LogP contribution < -0.4 is 9.80 Å². The molecule has 2 aliphatic heterocycles. The summed E-state index contributed by atoms with van der Waals surface area (Å²) in [5.74, 6) is 0.446. The van der Waals surface area contributed by atoms with Gasteiger partial charge in [0.15, 0.2) is 0 Å². The second-order valence-corrected chi connectivity index (χ2v) is 11.5. The third-order valence-corrected chi connectivity index (χ3v) is 8.81. The quantitative estimate of drug-likeness (QED) is 0.477. The second kappa shape index (κ2) is 10.2. The van der Waals surface area contributed by atoms with Gasteiger partial charge in [0.25, 0.3) is 10.0 Å². The zero-order valence-electron chi connectivity index (χ0n) is 21.0. The third kappa shape index (κ3) is 4.67. The number of carbonyl (C=O) groups is 2. The molecule has 38 heavy (non-hydrogen) atoms. The highest BCUT2D eigenvalue weighted by Gasteiger charge is 2.49. The number of urea groups is 1. The number of amides is 3. The van der Waals surface area contributed by atoms with Gasteiger partial charge in [0, 0.05) is 32.4 Å². The molecule has 3 aromatic rings. The monoisotopic (exact) mass is 554 g/mol. The zero-order valence-corrected chi connectivity index (χ0v) is 22.6. The number of aryl methyl sites for hydroxylation is 2. The number of anilines is 2. The summed E-state index contributed by atoms with van der Waals surface area (Å²) in [5.41, 5.74) is 1.90. The fraction of sp³-hybridized carbons (Fsp3) is 0.308. The van der Waals surface area contributed by atoms with Gasteiger partial charge < -0.3 is 9.80 Å². The van der Waals surface area contributed by atoms with Gasteiger partial charge in [-0.3, -0.25) is 14.7 Å². The van der Waals surface area contributed by atoms with Gasteiger partial charge in [0.05, 0.1) is 33.5 Å². The molecule has 0 bridgehead atoms. The van der Waals surface area contributed by atoms with Crippen molar-refractivity contribution in [2.75, 3.05) is 42.5 Å². The molecule has 0 spiro atoms. The Bertz CT molecular complexity index is 1480. The maximum absolute atomic E-state index is 13.8. The van der Waals surface area contributed by atoms with Crippen LogP contribution in [0.25, 0.3) is 0 Å². The van der Waals surface area contributed by atoms with Crippen LogP contribution in [0.15, 0.2) is 65.7 Å². The molecule has 3 heterocycles. The summed E-state index contributed by atoms with van der Waals surface area (Å²) in [5, 5.41) is 0.246. The lowest BCUT2D eigenvalue weighted by Gasteiger charge is -2.37. The Balaban J connectivity index is 1.42. The van der Waals surface area contributed by atoms with Crippen molar-refractivity contribution in [2.24, 2.45) is 0 Å². The Morgan fingerprint density at radius 2 is 1.63 bits per heavy atom. The number of piperazine rings is 1. The Hall–Kier alpha value is -3.70. The number of hydrogen-bond donors (Lipinski definition) is 0. The first-order chi connectivity index (χ1) is 18.2. The van der Waals surface area contributed by atoms with Crippen LogP contribution in [0.2, 0.25) is 5.02 Å². The van der Waals surface area contributed by atoms with E-state index in [1.807, 2.05) is 13.8 Å². The van der Waals surface area contributed by atoms with Crippen molar-refractivity contribution in [1.82, 2.24) is 19.2 Å². The minimum Gasteiger partial charge on any atom is -0.352 e. The molecule has 10 nitrogen and oxygen atoms in total. The number of sulfonamides is 1. The number of benzene rings is 2. The molecule has 2 saturated heterocycles. The zero-order chi connectivity index (χ0) is 27.0. The fourth-order valence-corrected chi connectivity index (χ4v) is 6.38. The van der Waals surface area contributed by atoms with Crippen molar-refractivity contribution >= 4 is 45.1 Å². The number of hydrogen-bond acceptors (Lipinski definition) is 7. The Kier molecular flexibility index (Phi) is 6.97. The SMILES string of the molecule is Cc1cnc(C)c(N2CCN(C(=O)C3CN(S(=O)(=O)c4ccccc4)C(=O)N3c3ccccc3Cl)CC2)n1. The molecule has 0 radical (unpaired) electrons. The van der Waals surface area contributed by atoms with Crippen LogP contribution in [0.5, 0.6) is 0 Å². The predicted molar refractivity (Wildman–Crippen MR) is 144 cm³/mol. The average molecular weight is 555 g/mol.